The van der Waals surface area contributed by atoms with E-state index in [-0.39, 0.29) is 17.9 Å². The molecule has 1 aliphatic rings. The molecular formula is C21H20N2O3. The number of hydrogen-bond donors (Lipinski definition) is 1. The van der Waals surface area contributed by atoms with E-state index in [4.69, 9.17) is 4.74 Å². The highest BCUT2D eigenvalue weighted by molar-refractivity contribution is 6.21. The van der Waals surface area contributed by atoms with Crippen molar-refractivity contribution in [1.29, 1.82) is 0 Å². The van der Waals surface area contributed by atoms with E-state index in [1.807, 2.05) is 38.2 Å². The number of H-pyrrole nitrogens is 1. The number of ether oxygens (including phenoxy) is 1. The average molecular weight is 348 g/mol. The third-order valence-electron chi connectivity index (χ3n) is 4.59. The van der Waals surface area contributed by atoms with Crippen LogP contribution in [0.5, 0.6) is 5.75 Å². The minimum Gasteiger partial charge on any atom is -0.491 e. The molecule has 0 aliphatic carbocycles. The summed E-state index contributed by atoms with van der Waals surface area (Å²) in [6, 6.07) is 12.9. The molecule has 5 nitrogen and oxygen atoms in total. The van der Waals surface area contributed by atoms with Crippen LogP contribution in [-0.2, 0) is 6.42 Å². The van der Waals surface area contributed by atoms with Gasteiger partial charge >= 0.3 is 0 Å². The molecule has 2 heterocycles. The number of aromatic nitrogens is 1. The standard InChI is InChI=1S/C21H20N2O3/c1-13(2)26-15-7-8-19-18(11-15)14(12-22-19)9-10-23-20(24)16-5-3-4-6-17(16)21(23)25/h3-8,11-13,22H,9-10H2,1-2H3. The van der Waals surface area contributed by atoms with Gasteiger partial charge < -0.3 is 9.72 Å². The number of rotatable bonds is 5. The predicted octanol–water partition coefficient (Wildman–Crippen LogP) is 3.79. The maximum absolute atomic E-state index is 12.5. The largest absolute Gasteiger partial charge is 0.491 e. The lowest BCUT2D eigenvalue weighted by Gasteiger charge is -2.13. The van der Waals surface area contributed by atoms with Crippen molar-refractivity contribution in [2.75, 3.05) is 6.54 Å². The molecule has 0 bridgehead atoms. The van der Waals surface area contributed by atoms with Crippen LogP contribution >= 0.6 is 0 Å². The van der Waals surface area contributed by atoms with E-state index in [0.717, 1.165) is 22.2 Å². The highest BCUT2D eigenvalue weighted by Gasteiger charge is 2.34. The van der Waals surface area contributed by atoms with Gasteiger partial charge in [-0.3, -0.25) is 14.5 Å². The van der Waals surface area contributed by atoms with Crippen molar-refractivity contribution in [3.63, 3.8) is 0 Å². The Kier molecular flexibility index (Phi) is 3.99. The zero-order chi connectivity index (χ0) is 18.3. The number of imide groups is 1. The summed E-state index contributed by atoms with van der Waals surface area (Å²) in [5.74, 6) is 0.387. The molecule has 132 valence electrons. The van der Waals surface area contributed by atoms with E-state index in [2.05, 4.69) is 4.98 Å². The normalized spacial score (nSPS) is 13.7. The first-order valence-corrected chi connectivity index (χ1v) is 8.76. The molecule has 0 spiro atoms. The summed E-state index contributed by atoms with van der Waals surface area (Å²) in [5.41, 5.74) is 3.05. The van der Waals surface area contributed by atoms with Crippen LogP contribution in [0.25, 0.3) is 10.9 Å². The third kappa shape index (κ3) is 2.75. The average Bonchev–Trinajstić information content (AvgIpc) is 3.13. The van der Waals surface area contributed by atoms with Crippen molar-refractivity contribution in [1.82, 2.24) is 9.88 Å². The molecule has 0 atom stereocenters. The van der Waals surface area contributed by atoms with Gasteiger partial charge in [0.15, 0.2) is 0 Å². The fraction of sp³-hybridized carbons (Fsp3) is 0.238. The number of fused-ring (bicyclic) bond motifs is 2. The van der Waals surface area contributed by atoms with E-state index >= 15 is 0 Å². The Labute approximate surface area is 151 Å². The Bertz CT molecular complexity index is 968. The first kappa shape index (κ1) is 16.4. The molecule has 2 amide bonds. The van der Waals surface area contributed by atoms with Crippen LogP contribution in [-0.4, -0.2) is 34.3 Å². The van der Waals surface area contributed by atoms with Crippen molar-refractivity contribution in [3.8, 4) is 5.75 Å². The molecule has 0 saturated heterocycles. The Morgan fingerprint density at radius 1 is 1.04 bits per heavy atom. The van der Waals surface area contributed by atoms with Gasteiger partial charge in [0.2, 0.25) is 0 Å². The first-order valence-electron chi connectivity index (χ1n) is 8.76. The van der Waals surface area contributed by atoms with Crippen molar-refractivity contribution in [2.45, 2.75) is 26.4 Å². The molecule has 1 N–H and O–H groups in total. The lowest BCUT2D eigenvalue weighted by molar-refractivity contribution is 0.0656. The van der Waals surface area contributed by atoms with Gasteiger partial charge in [0, 0.05) is 23.6 Å². The van der Waals surface area contributed by atoms with E-state index in [0.29, 0.717) is 24.1 Å². The molecule has 0 unspecified atom stereocenters. The fourth-order valence-electron chi connectivity index (χ4n) is 3.38. The number of carbonyl (C=O) groups is 2. The highest BCUT2D eigenvalue weighted by atomic mass is 16.5. The Hall–Kier alpha value is -3.08. The summed E-state index contributed by atoms with van der Waals surface area (Å²) in [4.78, 5) is 29.5. The Morgan fingerprint density at radius 3 is 2.38 bits per heavy atom. The number of aromatic amines is 1. The van der Waals surface area contributed by atoms with Crippen molar-refractivity contribution < 1.29 is 14.3 Å². The van der Waals surface area contributed by atoms with Crippen LogP contribution in [0.1, 0.15) is 40.1 Å². The van der Waals surface area contributed by atoms with Crippen LogP contribution in [0, 0.1) is 0 Å². The second kappa shape index (κ2) is 6.33. The summed E-state index contributed by atoms with van der Waals surface area (Å²) in [6.07, 6.45) is 2.63. The summed E-state index contributed by atoms with van der Waals surface area (Å²) < 4.78 is 5.77. The van der Waals surface area contributed by atoms with Gasteiger partial charge in [-0.2, -0.15) is 0 Å². The third-order valence-corrected chi connectivity index (χ3v) is 4.59. The maximum atomic E-state index is 12.5. The van der Waals surface area contributed by atoms with Crippen molar-refractivity contribution >= 4 is 22.7 Å². The quantitative estimate of drug-likeness (QED) is 0.714. The molecule has 2 aromatic carbocycles. The number of amides is 2. The molecule has 0 radical (unpaired) electrons. The van der Waals surface area contributed by atoms with Crippen LogP contribution in [0.15, 0.2) is 48.7 Å². The second-order valence-electron chi connectivity index (χ2n) is 6.75. The van der Waals surface area contributed by atoms with Crippen molar-refractivity contribution in [3.05, 3.63) is 65.4 Å². The number of benzene rings is 2. The fourth-order valence-corrected chi connectivity index (χ4v) is 3.38. The van der Waals surface area contributed by atoms with Gasteiger partial charge in [0.1, 0.15) is 5.75 Å². The zero-order valence-corrected chi connectivity index (χ0v) is 14.8. The summed E-state index contributed by atoms with van der Waals surface area (Å²) in [5, 5.41) is 1.06. The molecule has 4 rings (SSSR count). The minimum atomic E-state index is -0.214. The molecule has 5 heteroatoms. The van der Waals surface area contributed by atoms with Crippen LogP contribution < -0.4 is 4.74 Å². The van der Waals surface area contributed by atoms with Crippen LogP contribution in [0.2, 0.25) is 0 Å². The van der Waals surface area contributed by atoms with Gasteiger partial charge in [-0.05, 0) is 56.2 Å². The summed E-state index contributed by atoms with van der Waals surface area (Å²) in [7, 11) is 0. The number of hydrogen-bond acceptors (Lipinski definition) is 3. The molecule has 3 aromatic rings. The second-order valence-corrected chi connectivity index (χ2v) is 6.75. The number of nitrogens with zero attached hydrogens (tertiary/aromatic N) is 1. The Morgan fingerprint density at radius 2 is 1.73 bits per heavy atom. The van der Waals surface area contributed by atoms with Gasteiger partial charge in [0.05, 0.1) is 17.2 Å². The molecule has 1 aromatic heterocycles. The molecular weight excluding hydrogens is 328 g/mol. The van der Waals surface area contributed by atoms with Crippen LogP contribution in [0.4, 0.5) is 0 Å². The molecule has 26 heavy (non-hydrogen) atoms. The van der Waals surface area contributed by atoms with Crippen LogP contribution in [0.3, 0.4) is 0 Å². The monoisotopic (exact) mass is 348 g/mol. The van der Waals surface area contributed by atoms with E-state index in [1.165, 1.54) is 4.90 Å². The molecule has 0 saturated carbocycles. The van der Waals surface area contributed by atoms with Gasteiger partial charge in [-0.25, -0.2) is 0 Å². The molecule has 1 aliphatic heterocycles. The Balaban J connectivity index is 1.55. The molecule has 0 fully saturated rings. The van der Waals surface area contributed by atoms with Gasteiger partial charge in [-0.1, -0.05) is 12.1 Å². The highest BCUT2D eigenvalue weighted by Crippen LogP contribution is 2.27. The lowest BCUT2D eigenvalue weighted by atomic mass is 10.1. The SMILES string of the molecule is CC(C)Oc1ccc2[nH]cc(CCN3C(=O)c4ccccc4C3=O)c2c1. The van der Waals surface area contributed by atoms with E-state index < -0.39 is 0 Å². The smallest absolute Gasteiger partial charge is 0.261 e. The zero-order valence-electron chi connectivity index (χ0n) is 14.8. The van der Waals surface area contributed by atoms with E-state index in [1.54, 1.807) is 24.3 Å². The van der Waals surface area contributed by atoms with Crippen molar-refractivity contribution in [2.24, 2.45) is 0 Å². The van der Waals surface area contributed by atoms with Gasteiger partial charge in [-0.15, -0.1) is 0 Å². The van der Waals surface area contributed by atoms with Gasteiger partial charge in [0.25, 0.3) is 11.8 Å². The lowest BCUT2D eigenvalue weighted by Crippen LogP contribution is -2.31. The minimum absolute atomic E-state index is 0.105. The summed E-state index contributed by atoms with van der Waals surface area (Å²) in [6.45, 7) is 4.34. The predicted molar refractivity (Wildman–Crippen MR) is 99.6 cm³/mol. The number of carbonyl (C=O) groups excluding carboxylic acids is 2. The topological polar surface area (TPSA) is 62.4 Å². The number of nitrogens with one attached hydrogen (secondary N) is 1. The first-order chi connectivity index (χ1) is 12.5. The van der Waals surface area contributed by atoms with E-state index in [9.17, 15) is 9.59 Å². The summed E-state index contributed by atoms with van der Waals surface area (Å²) >= 11 is 0. The maximum Gasteiger partial charge on any atom is 0.261 e.